The van der Waals surface area contributed by atoms with Crippen LogP contribution in [0.4, 0.5) is 4.39 Å². The molecule has 0 spiro atoms. The topological polar surface area (TPSA) is 90.3 Å². The Kier molecular flexibility index (Phi) is 5.33. The standard InChI is InChI=1S/C19H13BrFN3O3/c20-11-5-6-12-14(9-11)19(27)24(18(12)26)8-7-17(25)23-16(10-22)13-3-1-2-4-15(13)21/h1-6,9,16H,7-8H2,(H,23,25). The molecule has 1 atom stereocenters. The molecular formula is C19H13BrFN3O3. The second-order valence-corrected chi connectivity index (χ2v) is 6.77. The quantitative estimate of drug-likeness (QED) is 0.739. The lowest BCUT2D eigenvalue weighted by molar-refractivity contribution is -0.121. The SMILES string of the molecule is N#CC(NC(=O)CCN1C(=O)c2ccc(Br)cc2C1=O)c1ccccc1F. The van der Waals surface area contributed by atoms with Crippen molar-refractivity contribution in [1.82, 2.24) is 10.2 Å². The van der Waals surface area contributed by atoms with E-state index in [1.54, 1.807) is 24.3 Å². The van der Waals surface area contributed by atoms with Crippen LogP contribution in [-0.2, 0) is 4.79 Å². The largest absolute Gasteiger partial charge is 0.336 e. The number of hydrogen-bond donors (Lipinski definition) is 1. The highest BCUT2D eigenvalue weighted by molar-refractivity contribution is 9.10. The monoisotopic (exact) mass is 429 g/mol. The van der Waals surface area contributed by atoms with Crippen molar-refractivity contribution in [3.8, 4) is 6.07 Å². The molecule has 1 aliphatic rings. The van der Waals surface area contributed by atoms with Crippen molar-refractivity contribution in [3.05, 3.63) is 69.4 Å². The Bertz CT molecular complexity index is 986. The smallest absolute Gasteiger partial charge is 0.261 e. The van der Waals surface area contributed by atoms with Crippen LogP contribution < -0.4 is 5.32 Å². The number of amides is 3. The number of hydrogen-bond acceptors (Lipinski definition) is 4. The molecule has 2 aromatic carbocycles. The van der Waals surface area contributed by atoms with E-state index in [2.05, 4.69) is 21.2 Å². The first-order valence-corrected chi connectivity index (χ1v) is 8.81. The maximum absolute atomic E-state index is 13.8. The van der Waals surface area contributed by atoms with Crippen LogP contribution in [0, 0.1) is 17.1 Å². The van der Waals surface area contributed by atoms with E-state index < -0.39 is 29.6 Å². The zero-order chi connectivity index (χ0) is 19.6. The lowest BCUT2D eigenvalue weighted by Crippen LogP contribution is -2.35. The van der Waals surface area contributed by atoms with Gasteiger partial charge in [-0.2, -0.15) is 5.26 Å². The third-order valence-corrected chi connectivity index (χ3v) is 4.64. The van der Waals surface area contributed by atoms with Gasteiger partial charge in [0.2, 0.25) is 5.91 Å². The summed E-state index contributed by atoms with van der Waals surface area (Å²) < 4.78 is 14.5. The van der Waals surface area contributed by atoms with Gasteiger partial charge < -0.3 is 5.32 Å². The highest BCUT2D eigenvalue weighted by atomic mass is 79.9. The minimum absolute atomic E-state index is 0.0546. The molecule has 2 aromatic rings. The molecule has 0 aromatic heterocycles. The lowest BCUT2D eigenvalue weighted by atomic mass is 10.1. The zero-order valence-corrected chi connectivity index (χ0v) is 15.5. The molecule has 8 heteroatoms. The van der Waals surface area contributed by atoms with E-state index in [-0.39, 0.29) is 29.7 Å². The molecule has 1 unspecified atom stereocenters. The molecule has 3 amide bonds. The molecule has 0 saturated carbocycles. The van der Waals surface area contributed by atoms with Gasteiger partial charge in [0.1, 0.15) is 11.9 Å². The summed E-state index contributed by atoms with van der Waals surface area (Å²) in [6, 6.07) is 11.1. The third-order valence-electron chi connectivity index (χ3n) is 4.15. The Morgan fingerprint density at radius 2 is 1.89 bits per heavy atom. The number of imide groups is 1. The fourth-order valence-corrected chi connectivity index (χ4v) is 3.16. The van der Waals surface area contributed by atoms with Crippen LogP contribution in [0.15, 0.2) is 46.9 Å². The first kappa shape index (κ1) is 18.7. The normalized spacial score (nSPS) is 13.9. The Hall–Kier alpha value is -3.05. The number of carbonyl (C=O) groups excluding carboxylic acids is 3. The Labute approximate surface area is 162 Å². The van der Waals surface area contributed by atoms with E-state index in [0.29, 0.717) is 4.47 Å². The molecule has 1 N–H and O–H groups in total. The van der Waals surface area contributed by atoms with E-state index in [0.717, 1.165) is 4.90 Å². The number of nitriles is 1. The van der Waals surface area contributed by atoms with Gasteiger partial charge in [-0.15, -0.1) is 0 Å². The van der Waals surface area contributed by atoms with Gasteiger partial charge in [0, 0.05) is 23.0 Å². The summed E-state index contributed by atoms with van der Waals surface area (Å²) in [5.74, 6) is -2.12. The summed E-state index contributed by atoms with van der Waals surface area (Å²) in [7, 11) is 0. The van der Waals surface area contributed by atoms with Crippen molar-refractivity contribution in [3.63, 3.8) is 0 Å². The summed E-state index contributed by atoms with van der Waals surface area (Å²) in [6.07, 6.45) is -0.195. The van der Waals surface area contributed by atoms with Gasteiger partial charge in [0.25, 0.3) is 11.8 Å². The summed E-state index contributed by atoms with van der Waals surface area (Å²) in [4.78, 5) is 37.8. The van der Waals surface area contributed by atoms with Gasteiger partial charge in [-0.1, -0.05) is 34.1 Å². The molecule has 3 rings (SSSR count). The molecule has 0 saturated heterocycles. The Morgan fingerprint density at radius 1 is 1.19 bits per heavy atom. The molecule has 1 aliphatic heterocycles. The van der Waals surface area contributed by atoms with Crippen LogP contribution in [0.5, 0.6) is 0 Å². The van der Waals surface area contributed by atoms with Crippen LogP contribution in [0.25, 0.3) is 0 Å². The maximum Gasteiger partial charge on any atom is 0.261 e. The third kappa shape index (κ3) is 3.73. The van der Waals surface area contributed by atoms with Gasteiger partial charge >= 0.3 is 0 Å². The van der Waals surface area contributed by atoms with Crippen LogP contribution >= 0.6 is 15.9 Å². The molecule has 1 heterocycles. The first-order valence-electron chi connectivity index (χ1n) is 8.01. The number of halogens is 2. The predicted octanol–water partition coefficient (Wildman–Crippen LogP) is 2.96. The van der Waals surface area contributed by atoms with Crippen molar-refractivity contribution in [2.45, 2.75) is 12.5 Å². The first-order chi connectivity index (χ1) is 12.9. The van der Waals surface area contributed by atoms with Crippen molar-refractivity contribution in [2.24, 2.45) is 0 Å². The van der Waals surface area contributed by atoms with Crippen molar-refractivity contribution in [1.29, 1.82) is 5.26 Å². The fraction of sp³-hybridized carbons (Fsp3) is 0.158. The van der Waals surface area contributed by atoms with Crippen molar-refractivity contribution >= 4 is 33.7 Å². The van der Waals surface area contributed by atoms with Crippen molar-refractivity contribution < 1.29 is 18.8 Å². The number of rotatable bonds is 5. The predicted molar refractivity (Wildman–Crippen MR) is 97.0 cm³/mol. The summed E-state index contributed by atoms with van der Waals surface area (Å²) in [5, 5.41) is 11.6. The van der Waals surface area contributed by atoms with Gasteiger partial charge in [-0.3, -0.25) is 19.3 Å². The molecule has 0 bridgehead atoms. The highest BCUT2D eigenvalue weighted by Gasteiger charge is 2.35. The average molecular weight is 430 g/mol. The second-order valence-electron chi connectivity index (χ2n) is 5.85. The molecule has 0 radical (unpaired) electrons. The van der Waals surface area contributed by atoms with Gasteiger partial charge in [0.15, 0.2) is 0 Å². The van der Waals surface area contributed by atoms with E-state index in [1.807, 2.05) is 6.07 Å². The number of benzene rings is 2. The number of fused-ring (bicyclic) bond motifs is 1. The molecule has 27 heavy (non-hydrogen) atoms. The van der Waals surface area contributed by atoms with E-state index >= 15 is 0 Å². The van der Waals surface area contributed by atoms with Gasteiger partial charge in [-0.05, 0) is 24.3 Å². The fourth-order valence-electron chi connectivity index (χ4n) is 2.80. The summed E-state index contributed by atoms with van der Waals surface area (Å²) in [5.41, 5.74) is 0.611. The van der Waals surface area contributed by atoms with Gasteiger partial charge in [-0.25, -0.2) is 4.39 Å². The molecule has 0 fully saturated rings. The highest BCUT2D eigenvalue weighted by Crippen LogP contribution is 2.26. The van der Waals surface area contributed by atoms with Crippen LogP contribution in [-0.4, -0.2) is 29.2 Å². The molecular weight excluding hydrogens is 417 g/mol. The Balaban J connectivity index is 1.65. The lowest BCUT2D eigenvalue weighted by Gasteiger charge is -2.16. The second kappa shape index (κ2) is 7.68. The van der Waals surface area contributed by atoms with Crippen LogP contribution in [0.2, 0.25) is 0 Å². The number of carbonyl (C=O) groups is 3. The molecule has 0 aliphatic carbocycles. The Morgan fingerprint density at radius 3 is 2.59 bits per heavy atom. The number of nitrogens with one attached hydrogen (secondary N) is 1. The minimum atomic E-state index is -1.16. The molecule has 6 nitrogen and oxygen atoms in total. The maximum atomic E-state index is 13.8. The average Bonchev–Trinajstić information content (AvgIpc) is 2.88. The van der Waals surface area contributed by atoms with Gasteiger partial charge in [0.05, 0.1) is 17.2 Å². The molecule has 136 valence electrons. The van der Waals surface area contributed by atoms with E-state index in [9.17, 15) is 24.0 Å². The van der Waals surface area contributed by atoms with E-state index in [4.69, 9.17) is 0 Å². The van der Waals surface area contributed by atoms with Crippen molar-refractivity contribution in [2.75, 3.05) is 6.54 Å². The minimum Gasteiger partial charge on any atom is -0.336 e. The summed E-state index contributed by atoms with van der Waals surface area (Å²) in [6.45, 7) is -0.134. The van der Waals surface area contributed by atoms with Crippen LogP contribution in [0.1, 0.15) is 38.7 Å². The zero-order valence-electron chi connectivity index (χ0n) is 13.9. The van der Waals surface area contributed by atoms with E-state index in [1.165, 1.54) is 18.2 Å². The number of nitrogens with zero attached hydrogens (tertiary/aromatic N) is 2. The summed E-state index contributed by atoms with van der Waals surface area (Å²) >= 11 is 3.25. The van der Waals surface area contributed by atoms with Crippen LogP contribution in [0.3, 0.4) is 0 Å².